The standard InChI is InChI=1S/C11H19BrN4O2S/c1-3-13-7-5-9-16(2)19(17,18)15-11-10(12)6-4-8-14-11/h4,6,8,13H,3,5,7,9H2,1-2H3,(H,14,15). The normalized spacial score (nSPS) is 11.8. The van der Waals surface area contributed by atoms with Gasteiger partial charge in [0.1, 0.15) is 0 Å². The highest BCUT2D eigenvalue weighted by Gasteiger charge is 2.18. The van der Waals surface area contributed by atoms with Crippen LogP contribution in [0.2, 0.25) is 0 Å². The second-order valence-electron chi connectivity index (χ2n) is 3.97. The minimum atomic E-state index is -3.56. The van der Waals surface area contributed by atoms with Gasteiger partial charge in [0.2, 0.25) is 0 Å². The van der Waals surface area contributed by atoms with Gasteiger partial charge in [0.15, 0.2) is 5.82 Å². The average molecular weight is 351 g/mol. The van der Waals surface area contributed by atoms with E-state index in [1.54, 1.807) is 19.2 Å². The van der Waals surface area contributed by atoms with E-state index >= 15 is 0 Å². The van der Waals surface area contributed by atoms with Gasteiger partial charge in [-0.05, 0) is 47.6 Å². The third-order valence-electron chi connectivity index (χ3n) is 2.47. The minimum absolute atomic E-state index is 0.293. The van der Waals surface area contributed by atoms with Crippen molar-refractivity contribution in [1.29, 1.82) is 0 Å². The molecule has 1 rings (SSSR count). The number of hydrogen-bond donors (Lipinski definition) is 2. The summed E-state index contributed by atoms with van der Waals surface area (Å²) in [4.78, 5) is 3.98. The number of rotatable bonds is 8. The summed E-state index contributed by atoms with van der Waals surface area (Å²) >= 11 is 3.25. The van der Waals surface area contributed by atoms with Gasteiger partial charge in [0.25, 0.3) is 0 Å². The molecule has 2 N–H and O–H groups in total. The first kappa shape index (κ1) is 16.4. The van der Waals surface area contributed by atoms with Gasteiger partial charge >= 0.3 is 10.2 Å². The minimum Gasteiger partial charge on any atom is -0.317 e. The molecule has 108 valence electrons. The number of nitrogens with zero attached hydrogens (tertiary/aromatic N) is 2. The number of aromatic nitrogens is 1. The third-order valence-corrected chi connectivity index (χ3v) is 4.57. The summed E-state index contributed by atoms with van der Waals surface area (Å²) in [6.45, 7) is 4.15. The van der Waals surface area contributed by atoms with Crippen LogP contribution in [0.25, 0.3) is 0 Å². The maximum Gasteiger partial charge on any atom is 0.302 e. The molecule has 0 aliphatic heterocycles. The molecule has 1 aromatic heterocycles. The molecule has 0 fully saturated rings. The molecule has 0 aliphatic rings. The summed E-state index contributed by atoms with van der Waals surface area (Å²) < 4.78 is 28.4. The lowest BCUT2D eigenvalue weighted by molar-refractivity contribution is 0.459. The molecule has 0 amide bonds. The van der Waals surface area contributed by atoms with Crippen LogP contribution in [-0.2, 0) is 10.2 Å². The Bertz CT molecular complexity index is 495. The Hall–Kier alpha value is -0.700. The van der Waals surface area contributed by atoms with Crippen molar-refractivity contribution in [2.24, 2.45) is 0 Å². The predicted octanol–water partition coefficient (Wildman–Crippen LogP) is 1.43. The van der Waals surface area contributed by atoms with E-state index in [2.05, 4.69) is 31.0 Å². The number of halogens is 1. The van der Waals surface area contributed by atoms with Crippen LogP contribution in [0, 0.1) is 0 Å². The summed E-state index contributed by atoms with van der Waals surface area (Å²) in [5.74, 6) is 0.293. The van der Waals surface area contributed by atoms with Crippen LogP contribution < -0.4 is 10.0 Å². The zero-order chi connectivity index (χ0) is 14.3. The van der Waals surface area contributed by atoms with Gasteiger partial charge in [0.05, 0.1) is 4.47 Å². The fraction of sp³-hybridized carbons (Fsp3) is 0.545. The molecule has 0 bridgehead atoms. The van der Waals surface area contributed by atoms with Crippen LogP contribution in [0.3, 0.4) is 0 Å². The Morgan fingerprint density at radius 2 is 2.21 bits per heavy atom. The molecule has 8 heteroatoms. The number of pyridine rings is 1. The molecule has 0 saturated carbocycles. The van der Waals surface area contributed by atoms with Gasteiger partial charge in [-0.15, -0.1) is 0 Å². The fourth-order valence-electron chi connectivity index (χ4n) is 1.38. The lowest BCUT2D eigenvalue weighted by Gasteiger charge is -2.18. The van der Waals surface area contributed by atoms with Crippen molar-refractivity contribution in [1.82, 2.24) is 14.6 Å². The Kier molecular flexibility index (Phi) is 6.70. The summed E-state index contributed by atoms with van der Waals surface area (Å²) in [6, 6.07) is 3.46. The van der Waals surface area contributed by atoms with E-state index in [4.69, 9.17) is 0 Å². The second kappa shape index (κ2) is 7.78. The maximum absolute atomic E-state index is 12.0. The Labute approximate surface area is 122 Å². The zero-order valence-corrected chi connectivity index (χ0v) is 13.5. The molecule has 0 unspecified atom stereocenters. The maximum atomic E-state index is 12.0. The summed E-state index contributed by atoms with van der Waals surface area (Å²) in [5.41, 5.74) is 0. The molecule has 19 heavy (non-hydrogen) atoms. The van der Waals surface area contributed by atoms with Crippen molar-refractivity contribution in [3.05, 3.63) is 22.8 Å². The smallest absolute Gasteiger partial charge is 0.302 e. The number of hydrogen-bond acceptors (Lipinski definition) is 4. The Morgan fingerprint density at radius 3 is 2.84 bits per heavy atom. The Morgan fingerprint density at radius 1 is 1.47 bits per heavy atom. The third kappa shape index (κ3) is 5.43. The fourth-order valence-corrected chi connectivity index (χ4v) is 2.80. The molecule has 0 spiro atoms. The van der Waals surface area contributed by atoms with Crippen LogP contribution >= 0.6 is 15.9 Å². The number of anilines is 1. The lowest BCUT2D eigenvalue weighted by Crippen LogP contribution is -2.34. The van der Waals surface area contributed by atoms with Crippen molar-refractivity contribution in [3.8, 4) is 0 Å². The van der Waals surface area contributed by atoms with Crippen molar-refractivity contribution in [3.63, 3.8) is 0 Å². The number of nitrogens with one attached hydrogen (secondary N) is 2. The van der Waals surface area contributed by atoms with Gasteiger partial charge in [-0.3, -0.25) is 4.72 Å². The van der Waals surface area contributed by atoms with Crippen molar-refractivity contribution >= 4 is 32.0 Å². The molecule has 6 nitrogen and oxygen atoms in total. The highest BCUT2D eigenvalue weighted by molar-refractivity contribution is 9.10. The quantitative estimate of drug-likeness (QED) is 0.695. The second-order valence-corrected chi connectivity index (χ2v) is 6.60. The van der Waals surface area contributed by atoms with Crippen LogP contribution in [0.4, 0.5) is 5.82 Å². The SMILES string of the molecule is CCNCCCN(C)S(=O)(=O)Nc1ncccc1Br. The molecule has 1 aromatic rings. The van der Waals surface area contributed by atoms with E-state index in [0.717, 1.165) is 19.5 Å². The van der Waals surface area contributed by atoms with Crippen molar-refractivity contribution in [2.45, 2.75) is 13.3 Å². The molecule has 0 radical (unpaired) electrons. The highest BCUT2D eigenvalue weighted by Crippen LogP contribution is 2.20. The van der Waals surface area contributed by atoms with E-state index in [1.165, 1.54) is 10.5 Å². The first-order valence-electron chi connectivity index (χ1n) is 6.02. The first-order valence-corrected chi connectivity index (χ1v) is 8.26. The van der Waals surface area contributed by atoms with E-state index in [9.17, 15) is 8.42 Å². The average Bonchev–Trinajstić information content (AvgIpc) is 2.37. The van der Waals surface area contributed by atoms with E-state index in [1.807, 2.05) is 6.92 Å². The van der Waals surface area contributed by atoms with Crippen LogP contribution in [0.5, 0.6) is 0 Å². The molecule has 0 saturated heterocycles. The van der Waals surface area contributed by atoms with E-state index < -0.39 is 10.2 Å². The van der Waals surface area contributed by atoms with Gasteiger partial charge in [0, 0.05) is 19.8 Å². The van der Waals surface area contributed by atoms with Crippen LogP contribution in [-0.4, -0.2) is 44.4 Å². The molecule has 0 aliphatic carbocycles. The molecular weight excluding hydrogens is 332 g/mol. The Balaban J connectivity index is 2.58. The van der Waals surface area contributed by atoms with Crippen molar-refractivity contribution in [2.75, 3.05) is 31.4 Å². The lowest BCUT2D eigenvalue weighted by atomic mass is 10.4. The van der Waals surface area contributed by atoms with Gasteiger partial charge in [-0.1, -0.05) is 6.92 Å². The largest absolute Gasteiger partial charge is 0.317 e. The molecule has 0 aromatic carbocycles. The predicted molar refractivity (Wildman–Crippen MR) is 80.3 cm³/mol. The van der Waals surface area contributed by atoms with Gasteiger partial charge < -0.3 is 5.32 Å². The van der Waals surface area contributed by atoms with Crippen LogP contribution in [0.15, 0.2) is 22.8 Å². The highest BCUT2D eigenvalue weighted by atomic mass is 79.9. The molecular formula is C11H19BrN4O2S. The van der Waals surface area contributed by atoms with Crippen LogP contribution in [0.1, 0.15) is 13.3 Å². The summed E-state index contributed by atoms with van der Waals surface area (Å²) in [5, 5.41) is 3.15. The zero-order valence-electron chi connectivity index (χ0n) is 11.1. The van der Waals surface area contributed by atoms with E-state index in [-0.39, 0.29) is 0 Å². The first-order chi connectivity index (χ1) is 8.97. The molecule has 0 atom stereocenters. The molecule has 1 heterocycles. The van der Waals surface area contributed by atoms with Gasteiger partial charge in [-0.25, -0.2) is 4.98 Å². The van der Waals surface area contributed by atoms with E-state index in [0.29, 0.717) is 16.8 Å². The topological polar surface area (TPSA) is 74.3 Å². The summed E-state index contributed by atoms with van der Waals surface area (Å²) in [6.07, 6.45) is 2.29. The van der Waals surface area contributed by atoms with Crippen molar-refractivity contribution < 1.29 is 8.42 Å². The summed E-state index contributed by atoms with van der Waals surface area (Å²) in [7, 11) is -2.01. The monoisotopic (exact) mass is 350 g/mol. The van der Waals surface area contributed by atoms with Gasteiger partial charge in [-0.2, -0.15) is 12.7 Å².